The Morgan fingerprint density at radius 1 is 1.12 bits per heavy atom. The van der Waals surface area contributed by atoms with Crippen LogP contribution in [0.25, 0.3) is 0 Å². The molecule has 0 aromatic heterocycles. The fraction of sp³-hybridized carbons (Fsp3) is 0.211. The van der Waals surface area contributed by atoms with Crippen LogP contribution in [0.1, 0.15) is 27.0 Å². The van der Waals surface area contributed by atoms with Crippen molar-refractivity contribution in [3.63, 3.8) is 0 Å². The summed E-state index contributed by atoms with van der Waals surface area (Å²) in [6, 6.07) is 12.3. The van der Waals surface area contributed by atoms with Gasteiger partial charge in [-0.1, -0.05) is 24.3 Å². The predicted octanol–water partition coefficient (Wildman–Crippen LogP) is 2.61. The SMILES string of the molecule is Cc1cc(C)cc(NC(=O)c2ccccc2CN2C(=O)CNC2=O)c1. The van der Waals surface area contributed by atoms with Gasteiger partial charge >= 0.3 is 6.03 Å². The fourth-order valence-electron chi connectivity index (χ4n) is 2.91. The van der Waals surface area contributed by atoms with E-state index in [4.69, 9.17) is 0 Å². The molecule has 2 aromatic rings. The van der Waals surface area contributed by atoms with E-state index < -0.39 is 6.03 Å². The number of carbonyl (C=O) groups excluding carboxylic acids is 3. The molecule has 1 aliphatic rings. The van der Waals surface area contributed by atoms with Gasteiger partial charge in [0.1, 0.15) is 0 Å². The molecule has 1 fully saturated rings. The van der Waals surface area contributed by atoms with Gasteiger partial charge in [-0.15, -0.1) is 0 Å². The van der Waals surface area contributed by atoms with E-state index in [0.717, 1.165) is 16.0 Å². The maximum absolute atomic E-state index is 12.7. The lowest BCUT2D eigenvalue weighted by Crippen LogP contribution is -2.31. The number of anilines is 1. The lowest BCUT2D eigenvalue weighted by Gasteiger charge is -2.16. The molecule has 128 valence electrons. The molecule has 0 aliphatic carbocycles. The number of hydrogen-bond donors (Lipinski definition) is 2. The average Bonchev–Trinajstić information content (AvgIpc) is 2.86. The van der Waals surface area contributed by atoms with Crippen molar-refractivity contribution >= 4 is 23.5 Å². The van der Waals surface area contributed by atoms with Crippen LogP contribution in [0, 0.1) is 13.8 Å². The quantitative estimate of drug-likeness (QED) is 0.842. The van der Waals surface area contributed by atoms with Crippen molar-refractivity contribution in [3.05, 3.63) is 64.7 Å². The molecule has 0 saturated carbocycles. The average molecular weight is 337 g/mol. The zero-order valence-corrected chi connectivity index (χ0v) is 14.1. The minimum absolute atomic E-state index is 0.00420. The summed E-state index contributed by atoms with van der Waals surface area (Å²) in [5.41, 5.74) is 3.89. The van der Waals surface area contributed by atoms with Crippen LogP contribution in [-0.2, 0) is 11.3 Å². The molecule has 0 atom stereocenters. The Hall–Kier alpha value is -3.15. The molecule has 2 N–H and O–H groups in total. The third kappa shape index (κ3) is 3.68. The first kappa shape index (κ1) is 16.7. The Bertz CT molecular complexity index is 824. The molecule has 4 amide bonds. The number of hydrogen-bond acceptors (Lipinski definition) is 3. The molecule has 3 rings (SSSR count). The Balaban J connectivity index is 1.83. The smallest absolute Gasteiger partial charge is 0.324 e. The van der Waals surface area contributed by atoms with Crippen molar-refractivity contribution in [2.75, 3.05) is 11.9 Å². The molecule has 0 unspecified atom stereocenters. The van der Waals surface area contributed by atoms with Crippen molar-refractivity contribution in [2.24, 2.45) is 0 Å². The van der Waals surface area contributed by atoms with Gasteiger partial charge in [-0.3, -0.25) is 14.5 Å². The highest BCUT2D eigenvalue weighted by Gasteiger charge is 2.29. The van der Waals surface area contributed by atoms with Gasteiger partial charge in [0.15, 0.2) is 0 Å². The number of nitrogens with zero attached hydrogens (tertiary/aromatic N) is 1. The summed E-state index contributed by atoms with van der Waals surface area (Å²) in [5, 5.41) is 5.36. The highest BCUT2D eigenvalue weighted by atomic mass is 16.2. The number of urea groups is 1. The Morgan fingerprint density at radius 2 is 1.80 bits per heavy atom. The molecule has 6 nitrogen and oxygen atoms in total. The van der Waals surface area contributed by atoms with Crippen molar-refractivity contribution < 1.29 is 14.4 Å². The zero-order valence-electron chi connectivity index (χ0n) is 14.1. The zero-order chi connectivity index (χ0) is 18.0. The Labute approximate surface area is 145 Å². The third-order valence-corrected chi connectivity index (χ3v) is 4.01. The maximum Gasteiger partial charge on any atom is 0.324 e. The summed E-state index contributed by atoms with van der Waals surface area (Å²) in [6.45, 7) is 4.00. The highest BCUT2D eigenvalue weighted by Crippen LogP contribution is 2.18. The number of imide groups is 1. The van der Waals surface area contributed by atoms with Gasteiger partial charge < -0.3 is 10.6 Å². The second-order valence-electron chi connectivity index (χ2n) is 6.13. The van der Waals surface area contributed by atoms with Crippen LogP contribution >= 0.6 is 0 Å². The summed E-state index contributed by atoms with van der Waals surface area (Å²) in [6.07, 6.45) is 0. The second-order valence-corrected chi connectivity index (χ2v) is 6.13. The molecule has 6 heteroatoms. The molecule has 25 heavy (non-hydrogen) atoms. The van der Waals surface area contributed by atoms with Gasteiger partial charge in [-0.25, -0.2) is 4.79 Å². The number of nitrogens with one attached hydrogen (secondary N) is 2. The lowest BCUT2D eigenvalue weighted by atomic mass is 10.1. The van der Waals surface area contributed by atoms with Crippen LogP contribution in [0.5, 0.6) is 0 Å². The number of aryl methyl sites for hydroxylation is 2. The van der Waals surface area contributed by atoms with Gasteiger partial charge in [0, 0.05) is 11.3 Å². The van der Waals surface area contributed by atoms with E-state index in [2.05, 4.69) is 10.6 Å². The molecule has 0 radical (unpaired) electrons. The van der Waals surface area contributed by atoms with Gasteiger partial charge in [0.05, 0.1) is 13.1 Å². The van der Waals surface area contributed by atoms with Crippen LogP contribution in [0.4, 0.5) is 10.5 Å². The Kier molecular flexibility index (Phi) is 4.52. The van der Waals surface area contributed by atoms with Crippen LogP contribution < -0.4 is 10.6 Å². The summed E-state index contributed by atoms with van der Waals surface area (Å²) in [4.78, 5) is 37.3. The summed E-state index contributed by atoms with van der Waals surface area (Å²) in [5.74, 6) is -0.567. The van der Waals surface area contributed by atoms with Crippen molar-refractivity contribution in [1.29, 1.82) is 0 Å². The molecule has 1 heterocycles. The van der Waals surface area contributed by atoms with E-state index in [-0.39, 0.29) is 24.9 Å². The van der Waals surface area contributed by atoms with Crippen molar-refractivity contribution in [3.8, 4) is 0 Å². The monoisotopic (exact) mass is 337 g/mol. The van der Waals surface area contributed by atoms with E-state index >= 15 is 0 Å². The number of benzene rings is 2. The van der Waals surface area contributed by atoms with Crippen LogP contribution in [0.3, 0.4) is 0 Å². The Morgan fingerprint density at radius 3 is 2.44 bits per heavy atom. The normalized spacial score (nSPS) is 13.8. The minimum atomic E-state index is -0.436. The maximum atomic E-state index is 12.7. The molecular formula is C19H19N3O3. The summed E-state index contributed by atoms with van der Waals surface area (Å²) >= 11 is 0. The third-order valence-electron chi connectivity index (χ3n) is 4.01. The number of rotatable bonds is 4. The van der Waals surface area contributed by atoms with Crippen molar-refractivity contribution in [2.45, 2.75) is 20.4 Å². The molecule has 0 bridgehead atoms. The van der Waals surface area contributed by atoms with Crippen LogP contribution in [0.15, 0.2) is 42.5 Å². The van der Waals surface area contributed by atoms with E-state index in [0.29, 0.717) is 16.8 Å². The van der Waals surface area contributed by atoms with E-state index in [1.165, 1.54) is 0 Å². The standard InChI is InChI=1S/C19H19N3O3/c1-12-7-13(2)9-15(8-12)21-18(24)16-6-4-3-5-14(16)11-22-17(23)10-20-19(22)25/h3-9H,10-11H2,1-2H3,(H,20,25)(H,21,24). The fourth-order valence-corrected chi connectivity index (χ4v) is 2.91. The molecular weight excluding hydrogens is 318 g/mol. The van der Waals surface area contributed by atoms with Gasteiger partial charge in [0.2, 0.25) is 5.91 Å². The summed E-state index contributed by atoms with van der Waals surface area (Å²) < 4.78 is 0. The van der Waals surface area contributed by atoms with Gasteiger partial charge in [-0.05, 0) is 48.7 Å². The highest BCUT2D eigenvalue weighted by molar-refractivity contribution is 6.06. The van der Waals surface area contributed by atoms with Crippen LogP contribution in [-0.4, -0.2) is 29.3 Å². The first-order chi connectivity index (χ1) is 11.9. The summed E-state index contributed by atoms with van der Waals surface area (Å²) in [7, 11) is 0. The largest absolute Gasteiger partial charge is 0.329 e. The van der Waals surface area contributed by atoms with Crippen LogP contribution in [0.2, 0.25) is 0 Å². The molecule has 0 spiro atoms. The molecule has 2 aromatic carbocycles. The molecule has 1 aliphatic heterocycles. The number of amides is 4. The topological polar surface area (TPSA) is 78.5 Å². The first-order valence-corrected chi connectivity index (χ1v) is 8.00. The van der Waals surface area contributed by atoms with Gasteiger partial charge in [0.25, 0.3) is 5.91 Å². The molecule has 1 saturated heterocycles. The minimum Gasteiger partial charge on any atom is -0.329 e. The lowest BCUT2D eigenvalue weighted by molar-refractivity contribution is -0.125. The second kappa shape index (κ2) is 6.76. The van der Waals surface area contributed by atoms with E-state index in [9.17, 15) is 14.4 Å². The van der Waals surface area contributed by atoms with Crippen molar-refractivity contribution in [1.82, 2.24) is 10.2 Å². The number of carbonyl (C=O) groups is 3. The predicted molar refractivity (Wildman–Crippen MR) is 94.3 cm³/mol. The van der Waals surface area contributed by atoms with E-state index in [1.54, 1.807) is 24.3 Å². The first-order valence-electron chi connectivity index (χ1n) is 8.00. The van der Waals surface area contributed by atoms with Gasteiger partial charge in [-0.2, -0.15) is 0 Å². The van der Waals surface area contributed by atoms with E-state index in [1.807, 2.05) is 32.0 Å².